The fourth-order valence-corrected chi connectivity index (χ4v) is 5.41. The molecule has 0 aromatic carbocycles. The molecule has 0 saturated carbocycles. The van der Waals surface area contributed by atoms with E-state index in [4.69, 9.17) is 33.5 Å². The predicted octanol–water partition coefficient (Wildman–Crippen LogP) is 1.34. The van der Waals surface area contributed by atoms with Crippen molar-refractivity contribution in [3.63, 3.8) is 0 Å². The maximum Gasteiger partial charge on any atom is 0.476 e. The number of carbonyl (C=O) groups excluding carboxylic acids is 1. The van der Waals surface area contributed by atoms with Crippen molar-refractivity contribution in [2.75, 3.05) is 18.9 Å². The molecule has 0 bridgehead atoms. The van der Waals surface area contributed by atoms with Crippen LogP contribution in [0.25, 0.3) is 11.2 Å². The third-order valence-electron chi connectivity index (χ3n) is 5.27. The quantitative estimate of drug-likeness (QED) is 0.410. The lowest BCUT2D eigenvalue weighted by Crippen LogP contribution is -2.48. The molecule has 2 fully saturated rings. The van der Waals surface area contributed by atoms with Crippen LogP contribution in [0, 0.1) is 0 Å². The van der Waals surface area contributed by atoms with Crippen molar-refractivity contribution in [1.29, 1.82) is 0 Å². The Morgan fingerprint density at radius 1 is 1.41 bits per heavy atom. The number of anilines is 1. The lowest BCUT2D eigenvalue weighted by molar-refractivity contribution is -0.157. The molecule has 0 radical (unpaired) electrons. The van der Waals surface area contributed by atoms with E-state index in [-0.39, 0.29) is 30.2 Å². The van der Waals surface area contributed by atoms with Crippen molar-refractivity contribution in [1.82, 2.24) is 19.5 Å². The molecule has 188 valence electrons. The Morgan fingerprint density at radius 2 is 2.15 bits per heavy atom. The summed E-state index contributed by atoms with van der Waals surface area (Å²) in [7, 11) is -4.22. The molecule has 0 aliphatic carbocycles. The number of ether oxygens (including phenoxy) is 3. The number of carbonyl (C=O) groups is 1. The Bertz CT molecular complexity index is 1120. The van der Waals surface area contributed by atoms with Crippen LogP contribution in [0.15, 0.2) is 6.33 Å². The molecule has 2 aliphatic heterocycles. The van der Waals surface area contributed by atoms with Crippen LogP contribution >= 0.6 is 7.82 Å². The van der Waals surface area contributed by atoms with Gasteiger partial charge in [0, 0.05) is 0 Å². The fraction of sp³-hybridized carbons (Fsp3) is 0.684. The topological polar surface area (TPSA) is 179 Å². The first-order valence-corrected chi connectivity index (χ1v) is 12.2. The lowest BCUT2D eigenvalue weighted by atomic mass is 9.96. The van der Waals surface area contributed by atoms with E-state index in [1.807, 2.05) is 0 Å². The van der Waals surface area contributed by atoms with E-state index in [9.17, 15) is 14.5 Å². The molecule has 0 spiro atoms. The molecule has 3 N–H and O–H groups in total. The maximum absolute atomic E-state index is 13.1. The Hall–Kier alpha value is -2.35. The Kier molecular flexibility index (Phi) is 6.57. The number of fused-ring (bicyclic) bond motifs is 2. The van der Waals surface area contributed by atoms with Gasteiger partial charge in [0.25, 0.3) is 0 Å². The van der Waals surface area contributed by atoms with Gasteiger partial charge in [-0.1, -0.05) is 0 Å². The van der Waals surface area contributed by atoms with E-state index in [0.717, 1.165) is 0 Å². The number of phosphoric acid groups is 1. The minimum atomic E-state index is -4.22. The van der Waals surface area contributed by atoms with Gasteiger partial charge in [0.2, 0.25) is 11.8 Å². The van der Waals surface area contributed by atoms with Gasteiger partial charge in [-0.2, -0.15) is 9.97 Å². The first-order chi connectivity index (χ1) is 15.9. The molecule has 4 rings (SSSR count). The smallest absolute Gasteiger partial charge is 0.476 e. The molecule has 2 saturated heterocycles. The van der Waals surface area contributed by atoms with E-state index >= 15 is 0 Å². The van der Waals surface area contributed by atoms with Gasteiger partial charge >= 0.3 is 13.8 Å². The van der Waals surface area contributed by atoms with Crippen molar-refractivity contribution in [3.8, 4) is 5.88 Å². The average Bonchev–Trinajstić information content (AvgIpc) is 3.25. The summed E-state index contributed by atoms with van der Waals surface area (Å²) in [5.74, 6) is -0.579. The summed E-state index contributed by atoms with van der Waals surface area (Å²) in [6.45, 7) is 8.08. The minimum Gasteiger partial charge on any atom is -0.476 e. The summed E-state index contributed by atoms with van der Waals surface area (Å²) in [4.78, 5) is 24.6. The highest BCUT2D eigenvalue weighted by atomic mass is 31.2. The molecule has 2 unspecified atom stereocenters. The highest BCUT2D eigenvalue weighted by molar-refractivity contribution is 7.48. The predicted molar refractivity (Wildman–Crippen MR) is 116 cm³/mol. The van der Waals surface area contributed by atoms with Gasteiger partial charge in [-0.3, -0.25) is 18.1 Å². The highest BCUT2D eigenvalue weighted by Crippen LogP contribution is 2.59. The minimum absolute atomic E-state index is 0.0486. The zero-order valence-corrected chi connectivity index (χ0v) is 20.3. The molecule has 15 heteroatoms. The van der Waals surface area contributed by atoms with E-state index in [1.165, 1.54) is 24.7 Å². The van der Waals surface area contributed by atoms with Gasteiger partial charge in [0.15, 0.2) is 23.5 Å². The van der Waals surface area contributed by atoms with Crippen LogP contribution in [0.3, 0.4) is 0 Å². The third kappa shape index (κ3) is 4.49. The molecule has 4 heterocycles. The van der Waals surface area contributed by atoms with Crippen molar-refractivity contribution in [2.45, 2.75) is 70.9 Å². The van der Waals surface area contributed by atoms with Crippen molar-refractivity contribution in [3.05, 3.63) is 6.33 Å². The lowest BCUT2D eigenvalue weighted by Gasteiger charge is -2.35. The van der Waals surface area contributed by atoms with Crippen molar-refractivity contribution >= 4 is 30.9 Å². The molecule has 34 heavy (non-hydrogen) atoms. The first-order valence-electron chi connectivity index (χ1n) is 10.8. The van der Waals surface area contributed by atoms with Gasteiger partial charge in [-0.25, -0.2) is 14.3 Å². The van der Waals surface area contributed by atoms with E-state index < -0.39 is 43.9 Å². The van der Waals surface area contributed by atoms with Gasteiger partial charge in [0.05, 0.1) is 25.6 Å². The van der Waals surface area contributed by atoms with Crippen LogP contribution in [-0.4, -0.2) is 73.8 Å². The molecule has 6 atom stereocenters. The Morgan fingerprint density at radius 3 is 2.82 bits per heavy atom. The van der Waals surface area contributed by atoms with Crippen LogP contribution in [0.4, 0.5) is 5.95 Å². The van der Waals surface area contributed by atoms with Gasteiger partial charge in [-0.05, 0) is 34.6 Å². The second-order valence-electron chi connectivity index (χ2n) is 8.40. The number of nitrogens with zero attached hydrogens (tertiary/aromatic N) is 4. The number of aromatic nitrogens is 4. The van der Waals surface area contributed by atoms with Gasteiger partial charge in [0.1, 0.15) is 17.8 Å². The number of imidazole rings is 1. The molecule has 0 amide bonds. The average molecular weight is 501 g/mol. The summed E-state index contributed by atoms with van der Waals surface area (Å²) in [6, 6.07) is 0. The molecular formula is C19H28N5O9P. The molecule has 14 nitrogen and oxygen atoms in total. The monoisotopic (exact) mass is 501 g/mol. The van der Waals surface area contributed by atoms with E-state index in [0.29, 0.717) is 12.1 Å². The molecule has 2 aromatic heterocycles. The number of nitrogen functional groups attached to an aromatic ring is 1. The number of esters is 1. The molecule has 2 aromatic rings. The zero-order chi connectivity index (χ0) is 24.8. The fourth-order valence-electron chi connectivity index (χ4n) is 3.81. The summed E-state index contributed by atoms with van der Waals surface area (Å²) in [5.41, 5.74) is 4.69. The highest BCUT2D eigenvalue weighted by Gasteiger charge is 2.60. The van der Waals surface area contributed by atoms with E-state index in [1.54, 1.807) is 20.8 Å². The zero-order valence-electron chi connectivity index (χ0n) is 19.4. The molecular weight excluding hydrogens is 473 g/mol. The van der Waals surface area contributed by atoms with Crippen LogP contribution in [0.2, 0.25) is 0 Å². The van der Waals surface area contributed by atoms with Crippen molar-refractivity contribution < 1.29 is 42.2 Å². The van der Waals surface area contributed by atoms with Crippen LogP contribution < -0.4 is 10.5 Å². The number of rotatable bonds is 7. The summed E-state index contributed by atoms with van der Waals surface area (Å²) in [5, 5.41) is 11.4. The van der Waals surface area contributed by atoms with E-state index in [2.05, 4.69) is 15.0 Å². The number of hydrogen-bond donors (Lipinski definition) is 2. The summed E-state index contributed by atoms with van der Waals surface area (Å²) < 4.78 is 47.3. The summed E-state index contributed by atoms with van der Waals surface area (Å²) in [6.07, 6.45) is -3.18. The third-order valence-corrected chi connectivity index (χ3v) is 6.79. The Labute approximate surface area is 195 Å². The normalized spacial score (nSPS) is 32.0. The van der Waals surface area contributed by atoms with Crippen molar-refractivity contribution in [2.24, 2.45) is 0 Å². The Balaban J connectivity index is 1.58. The number of nitrogens with two attached hydrogens (primary N) is 1. The second kappa shape index (κ2) is 9.02. The summed E-state index contributed by atoms with van der Waals surface area (Å²) >= 11 is 0. The second-order valence-corrected chi connectivity index (χ2v) is 9.97. The maximum atomic E-state index is 13.1. The van der Waals surface area contributed by atoms with Crippen LogP contribution in [-0.2, 0) is 32.4 Å². The SMILES string of the molecule is CCOc1nc(N)nc2c1ncn2[C@@H]1O[C@@H]2COP(=O)(OC(C)C(=O)OC(C)C)O[C@H]2[C@@]1(C)O. The number of hydrogen-bond acceptors (Lipinski definition) is 13. The largest absolute Gasteiger partial charge is 0.476 e. The standard InChI is InChI=1S/C19H28N5O9P/c1-6-28-15-12-14(22-18(20)23-15)24(8-21-12)17-19(5,26)13-11(31-17)7-29-34(27,33-13)32-10(4)16(25)30-9(2)3/h8-11,13,17,26H,6-7H2,1-5H3,(H2,20,22,23)/t10?,11-,13-,17-,19-,34?/m1/s1. The first kappa shape index (κ1) is 24.8. The molecule has 2 aliphatic rings. The number of aliphatic hydroxyl groups is 1. The van der Waals surface area contributed by atoms with Gasteiger partial charge < -0.3 is 25.1 Å². The van der Waals surface area contributed by atoms with Crippen LogP contribution in [0.5, 0.6) is 5.88 Å². The van der Waals surface area contributed by atoms with Crippen LogP contribution in [0.1, 0.15) is 40.8 Å². The number of phosphoric ester groups is 1. The van der Waals surface area contributed by atoms with Gasteiger partial charge in [-0.15, -0.1) is 0 Å².